The van der Waals surface area contributed by atoms with Gasteiger partial charge in [0.25, 0.3) is 5.91 Å². The molecule has 4 rings (SSSR count). The minimum Gasteiger partial charge on any atom is -0.497 e. The van der Waals surface area contributed by atoms with Crippen molar-refractivity contribution in [1.29, 1.82) is 0 Å². The molecule has 7 heteroatoms. The fourth-order valence-electron chi connectivity index (χ4n) is 3.33. The number of anilines is 1. The Labute approximate surface area is 169 Å². The average molecular weight is 392 g/mol. The molecule has 1 aromatic heterocycles. The Morgan fingerprint density at radius 1 is 1.17 bits per heavy atom. The number of aromatic nitrogens is 2. The van der Waals surface area contributed by atoms with Gasteiger partial charge in [0, 0.05) is 30.9 Å². The van der Waals surface area contributed by atoms with Crippen LogP contribution in [0.3, 0.4) is 0 Å². The van der Waals surface area contributed by atoms with Crippen LogP contribution in [0.2, 0.25) is 0 Å². The van der Waals surface area contributed by atoms with E-state index in [0.29, 0.717) is 11.4 Å². The first-order chi connectivity index (χ1) is 14.2. The highest BCUT2D eigenvalue weighted by molar-refractivity contribution is 6.03. The number of H-pyrrole nitrogens is 1. The Balaban J connectivity index is 1.43. The van der Waals surface area contributed by atoms with Gasteiger partial charge in [-0.1, -0.05) is 24.3 Å². The zero-order chi connectivity index (χ0) is 20.1. The molecular weight excluding hydrogens is 368 g/mol. The molecule has 0 radical (unpaired) electrons. The van der Waals surface area contributed by atoms with Crippen LogP contribution >= 0.6 is 0 Å². The van der Waals surface area contributed by atoms with Gasteiger partial charge < -0.3 is 14.8 Å². The summed E-state index contributed by atoms with van der Waals surface area (Å²) in [5.74, 6) is 0.517. The van der Waals surface area contributed by atoms with E-state index in [1.807, 2.05) is 42.5 Å². The molecule has 0 unspecified atom stereocenters. The van der Waals surface area contributed by atoms with E-state index in [-0.39, 0.29) is 5.91 Å². The van der Waals surface area contributed by atoms with Gasteiger partial charge in [-0.15, -0.1) is 0 Å². The summed E-state index contributed by atoms with van der Waals surface area (Å²) >= 11 is 0. The molecule has 7 nitrogen and oxygen atoms in total. The molecule has 1 amide bonds. The summed E-state index contributed by atoms with van der Waals surface area (Å²) in [5, 5.41) is 10.0. The Hall–Kier alpha value is -3.16. The summed E-state index contributed by atoms with van der Waals surface area (Å²) in [6.07, 6.45) is 0. The largest absolute Gasteiger partial charge is 0.497 e. The van der Waals surface area contributed by atoms with Gasteiger partial charge in [-0.3, -0.25) is 14.8 Å². The molecule has 1 saturated heterocycles. The number of aromatic amines is 1. The van der Waals surface area contributed by atoms with Crippen LogP contribution in [-0.4, -0.2) is 54.4 Å². The minimum absolute atomic E-state index is 0.227. The number of nitrogens with one attached hydrogen (secondary N) is 2. The molecule has 150 valence electrons. The topological polar surface area (TPSA) is 79.5 Å². The van der Waals surface area contributed by atoms with Gasteiger partial charge in [0.1, 0.15) is 11.4 Å². The number of methoxy groups -OCH3 is 1. The van der Waals surface area contributed by atoms with Crippen molar-refractivity contribution in [3.63, 3.8) is 0 Å². The third-order valence-electron chi connectivity index (χ3n) is 4.88. The van der Waals surface area contributed by atoms with E-state index in [0.717, 1.165) is 55.4 Å². The van der Waals surface area contributed by atoms with E-state index >= 15 is 0 Å². The lowest BCUT2D eigenvalue weighted by atomic mass is 10.1. The van der Waals surface area contributed by atoms with E-state index in [1.165, 1.54) is 0 Å². The predicted molar refractivity (Wildman–Crippen MR) is 111 cm³/mol. The Kier molecular flexibility index (Phi) is 5.88. The van der Waals surface area contributed by atoms with E-state index in [9.17, 15) is 4.79 Å². The zero-order valence-electron chi connectivity index (χ0n) is 16.4. The van der Waals surface area contributed by atoms with Gasteiger partial charge in [-0.2, -0.15) is 5.10 Å². The first-order valence-electron chi connectivity index (χ1n) is 9.61. The van der Waals surface area contributed by atoms with Crippen molar-refractivity contribution in [3.05, 3.63) is 65.9 Å². The number of morpholine rings is 1. The fraction of sp³-hybridized carbons (Fsp3) is 0.273. The van der Waals surface area contributed by atoms with Crippen molar-refractivity contribution in [1.82, 2.24) is 15.1 Å². The van der Waals surface area contributed by atoms with Crippen molar-refractivity contribution in [2.24, 2.45) is 0 Å². The standard InChI is InChI=1S/C22H24N4O3/c1-28-19-7-3-5-17(13-19)20-14-21(25-24-20)22(27)23-18-6-2-4-16(12-18)15-26-8-10-29-11-9-26/h2-7,12-14H,8-11,15H2,1H3,(H,23,27)(H,24,25). The van der Waals surface area contributed by atoms with Crippen molar-refractivity contribution < 1.29 is 14.3 Å². The van der Waals surface area contributed by atoms with Crippen LogP contribution in [0.1, 0.15) is 16.1 Å². The van der Waals surface area contributed by atoms with Gasteiger partial charge in [0.05, 0.1) is 26.0 Å². The van der Waals surface area contributed by atoms with Crippen LogP contribution in [0, 0.1) is 0 Å². The maximum absolute atomic E-state index is 12.6. The summed E-state index contributed by atoms with van der Waals surface area (Å²) in [6, 6.07) is 17.2. The molecule has 2 N–H and O–H groups in total. The van der Waals surface area contributed by atoms with Crippen LogP contribution in [0.15, 0.2) is 54.6 Å². The first kappa shape index (κ1) is 19.2. The molecule has 29 heavy (non-hydrogen) atoms. The monoisotopic (exact) mass is 392 g/mol. The maximum Gasteiger partial charge on any atom is 0.273 e. The van der Waals surface area contributed by atoms with Gasteiger partial charge in [0.2, 0.25) is 0 Å². The van der Waals surface area contributed by atoms with Crippen LogP contribution < -0.4 is 10.1 Å². The second-order valence-corrected chi connectivity index (χ2v) is 6.94. The van der Waals surface area contributed by atoms with Crippen molar-refractivity contribution in [2.45, 2.75) is 6.54 Å². The highest BCUT2D eigenvalue weighted by Gasteiger charge is 2.14. The number of ether oxygens (including phenoxy) is 2. The Bertz CT molecular complexity index is 979. The fourth-order valence-corrected chi connectivity index (χ4v) is 3.33. The SMILES string of the molecule is COc1cccc(-c2cc(C(=O)Nc3cccc(CN4CCOCC4)c3)[nH]n2)c1. The van der Waals surface area contributed by atoms with Crippen LogP contribution in [0.4, 0.5) is 5.69 Å². The summed E-state index contributed by atoms with van der Waals surface area (Å²) < 4.78 is 10.6. The average Bonchev–Trinajstić information content (AvgIpc) is 3.25. The smallest absolute Gasteiger partial charge is 0.273 e. The Morgan fingerprint density at radius 2 is 2.00 bits per heavy atom. The number of rotatable bonds is 6. The van der Waals surface area contributed by atoms with Gasteiger partial charge >= 0.3 is 0 Å². The molecule has 1 fully saturated rings. The number of benzene rings is 2. The number of carbonyl (C=O) groups excluding carboxylic acids is 1. The maximum atomic E-state index is 12.6. The number of carbonyl (C=O) groups is 1. The lowest BCUT2D eigenvalue weighted by Gasteiger charge is -2.26. The molecule has 0 atom stereocenters. The van der Waals surface area contributed by atoms with Crippen LogP contribution in [-0.2, 0) is 11.3 Å². The molecule has 0 saturated carbocycles. The quantitative estimate of drug-likeness (QED) is 0.674. The minimum atomic E-state index is -0.227. The second kappa shape index (κ2) is 8.89. The van der Waals surface area contributed by atoms with Crippen LogP contribution in [0.5, 0.6) is 5.75 Å². The molecule has 3 aromatic rings. The van der Waals surface area contributed by atoms with E-state index in [2.05, 4.69) is 26.5 Å². The van der Waals surface area contributed by atoms with Crippen molar-refractivity contribution >= 4 is 11.6 Å². The molecule has 2 heterocycles. The first-order valence-corrected chi connectivity index (χ1v) is 9.61. The van der Waals surface area contributed by atoms with Crippen molar-refractivity contribution in [2.75, 3.05) is 38.7 Å². The zero-order valence-corrected chi connectivity index (χ0v) is 16.4. The summed E-state index contributed by atoms with van der Waals surface area (Å²) in [5.41, 5.74) is 3.90. The van der Waals surface area contributed by atoms with E-state index in [1.54, 1.807) is 13.2 Å². The number of nitrogens with zero attached hydrogens (tertiary/aromatic N) is 2. The molecule has 0 spiro atoms. The second-order valence-electron chi connectivity index (χ2n) is 6.94. The van der Waals surface area contributed by atoms with Crippen molar-refractivity contribution in [3.8, 4) is 17.0 Å². The molecule has 2 aromatic carbocycles. The summed E-state index contributed by atoms with van der Waals surface area (Å²) in [4.78, 5) is 15.0. The van der Waals surface area contributed by atoms with Gasteiger partial charge in [0.15, 0.2) is 0 Å². The summed E-state index contributed by atoms with van der Waals surface area (Å²) in [7, 11) is 1.62. The molecule has 0 aliphatic carbocycles. The molecular formula is C22H24N4O3. The number of amides is 1. The predicted octanol–water partition coefficient (Wildman–Crippen LogP) is 3.17. The van der Waals surface area contributed by atoms with E-state index in [4.69, 9.17) is 9.47 Å². The number of hydrogen-bond donors (Lipinski definition) is 2. The molecule has 0 bridgehead atoms. The van der Waals surface area contributed by atoms with Gasteiger partial charge in [-0.25, -0.2) is 0 Å². The highest BCUT2D eigenvalue weighted by atomic mass is 16.5. The highest BCUT2D eigenvalue weighted by Crippen LogP contribution is 2.23. The van der Waals surface area contributed by atoms with Gasteiger partial charge in [-0.05, 0) is 35.9 Å². The van der Waals surface area contributed by atoms with Crippen LogP contribution in [0.25, 0.3) is 11.3 Å². The lowest BCUT2D eigenvalue weighted by molar-refractivity contribution is 0.0342. The summed E-state index contributed by atoms with van der Waals surface area (Å²) in [6.45, 7) is 4.24. The normalized spacial score (nSPS) is 14.5. The third kappa shape index (κ3) is 4.82. The molecule has 1 aliphatic heterocycles. The lowest BCUT2D eigenvalue weighted by Crippen LogP contribution is -2.35. The molecule has 1 aliphatic rings. The third-order valence-corrected chi connectivity index (χ3v) is 4.88. The Morgan fingerprint density at radius 3 is 2.83 bits per heavy atom. The van der Waals surface area contributed by atoms with E-state index < -0.39 is 0 Å². The number of hydrogen-bond acceptors (Lipinski definition) is 5.